The molecule has 2 aromatic heterocycles. The van der Waals surface area contributed by atoms with Crippen LogP contribution in [0.2, 0.25) is 0 Å². The molecule has 0 fully saturated rings. The lowest BCUT2D eigenvalue weighted by atomic mass is 10.1. The molecule has 0 saturated carbocycles. The van der Waals surface area contributed by atoms with Gasteiger partial charge in [-0.1, -0.05) is 78.1 Å². The Bertz CT molecular complexity index is 937. The minimum Gasteiger partial charge on any atom is -0.494 e. The standard InChI is InChI=1S/C30H52N4O4/c1-4-6-8-10-12-14-16-25-22-27(35)33(29(25)37)21-20-32(19-18-31-3)24-34-28(36)23-26(30(34)38)17-15-13-11-9-7-5-2/h22-23,35-38H,3-21,24H2,1-2H3. The smallest absolute Gasteiger partial charge is 0.198 e. The van der Waals surface area contributed by atoms with Gasteiger partial charge in [-0.05, 0) is 32.4 Å². The average molecular weight is 533 g/mol. The average Bonchev–Trinajstić information content (AvgIpc) is 3.33. The van der Waals surface area contributed by atoms with E-state index in [0.29, 0.717) is 26.2 Å². The zero-order valence-corrected chi connectivity index (χ0v) is 23.9. The number of hydrogen-bond donors (Lipinski definition) is 4. The summed E-state index contributed by atoms with van der Waals surface area (Å²) in [6.07, 6.45) is 15.6. The normalized spacial score (nSPS) is 11.6. The molecule has 0 unspecified atom stereocenters. The molecule has 0 radical (unpaired) electrons. The monoisotopic (exact) mass is 532 g/mol. The molecule has 0 aromatic carbocycles. The Morgan fingerprint density at radius 2 is 1.16 bits per heavy atom. The van der Waals surface area contributed by atoms with Gasteiger partial charge in [0.2, 0.25) is 0 Å². The lowest BCUT2D eigenvalue weighted by Crippen LogP contribution is -2.31. The molecule has 0 aliphatic heterocycles. The van der Waals surface area contributed by atoms with Gasteiger partial charge in [-0.25, -0.2) is 0 Å². The van der Waals surface area contributed by atoms with Gasteiger partial charge < -0.3 is 20.4 Å². The van der Waals surface area contributed by atoms with Crippen molar-refractivity contribution in [1.29, 1.82) is 0 Å². The van der Waals surface area contributed by atoms with Crippen molar-refractivity contribution >= 4 is 6.72 Å². The molecule has 0 spiro atoms. The van der Waals surface area contributed by atoms with E-state index >= 15 is 0 Å². The van der Waals surface area contributed by atoms with Crippen molar-refractivity contribution in [2.45, 2.75) is 117 Å². The third-order valence-corrected chi connectivity index (χ3v) is 7.40. The predicted molar refractivity (Wildman–Crippen MR) is 156 cm³/mol. The molecule has 0 atom stereocenters. The molecule has 2 rings (SSSR count). The fourth-order valence-corrected chi connectivity index (χ4v) is 4.99. The Morgan fingerprint density at radius 3 is 1.68 bits per heavy atom. The van der Waals surface area contributed by atoms with E-state index in [1.54, 1.807) is 12.1 Å². The first-order chi connectivity index (χ1) is 18.4. The van der Waals surface area contributed by atoms with Gasteiger partial charge in [-0.15, -0.1) is 0 Å². The molecule has 0 aliphatic carbocycles. The van der Waals surface area contributed by atoms with Crippen LogP contribution in [0.4, 0.5) is 0 Å². The van der Waals surface area contributed by atoms with Crippen LogP contribution in [0.3, 0.4) is 0 Å². The second-order valence-electron chi connectivity index (χ2n) is 10.5. The molecule has 216 valence electrons. The highest BCUT2D eigenvalue weighted by atomic mass is 16.3. The first kappa shape index (κ1) is 31.6. The van der Waals surface area contributed by atoms with Crippen molar-refractivity contribution in [3.63, 3.8) is 0 Å². The number of nitrogens with zero attached hydrogens (tertiary/aromatic N) is 4. The van der Waals surface area contributed by atoms with Crippen molar-refractivity contribution in [2.24, 2.45) is 4.99 Å². The van der Waals surface area contributed by atoms with E-state index in [0.717, 1.165) is 49.7 Å². The quantitative estimate of drug-likeness (QED) is 0.101. The molecule has 8 heteroatoms. The molecule has 2 heterocycles. The second kappa shape index (κ2) is 17.8. The molecule has 38 heavy (non-hydrogen) atoms. The Morgan fingerprint density at radius 1 is 0.684 bits per heavy atom. The first-order valence-electron chi connectivity index (χ1n) is 14.8. The van der Waals surface area contributed by atoms with E-state index in [1.807, 2.05) is 4.90 Å². The van der Waals surface area contributed by atoms with E-state index in [9.17, 15) is 20.4 Å². The summed E-state index contributed by atoms with van der Waals surface area (Å²) in [4.78, 5) is 5.98. The van der Waals surface area contributed by atoms with Crippen LogP contribution in [-0.2, 0) is 26.1 Å². The maximum atomic E-state index is 10.8. The van der Waals surface area contributed by atoms with E-state index in [-0.39, 0.29) is 30.2 Å². The van der Waals surface area contributed by atoms with Crippen LogP contribution in [0.25, 0.3) is 0 Å². The van der Waals surface area contributed by atoms with Crippen LogP contribution < -0.4 is 0 Å². The van der Waals surface area contributed by atoms with Crippen molar-refractivity contribution in [3.8, 4) is 23.5 Å². The number of aryl methyl sites for hydroxylation is 2. The molecule has 2 aromatic rings. The minimum atomic E-state index is 0.0351. The van der Waals surface area contributed by atoms with Gasteiger partial charge in [-0.2, -0.15) is 0 Å². The van der Waals surface area contributed by atoms with E-state index in [1.165, 1.54) is 60.5 Å². The van der Waals surface area contributed by atoms with Crippen LogP contribution >= 0.6 is 0 Å². The Kier molecular flexibility index (Phi) is 14.8. The fraction of sp³-hybridized carbons (Fsp3) is 0.700. The van der Waals surface area contributed by atoms with Gasteiger partial charge in [0.15, 0.2) is 23.5 Å². The molecular weight excluding hydrogens is 480 g/mol. The summed E-state index contributed by atoms with van der Waals surface area (Å²) in [6.45, 7) is 10.2. The third-order valence-electron chi connectivity index (χ3n) is 7.40. The number of aromatic hydroxyl groups is 4. The molecule has 0 amide bonds. The largest absolute Gasteiger partial charge is 0.494 e. The highest BCUT2D eigenvalue weighted by Gasteiger charge is 2.18. The lowest BCUT2D eigenvalue weighted by molar-refractivity contribution is 0.189. The fourth-order valence-electron chi connectivity index (χ4n) is 4.99. The lowest BCUT2D eigenvalue weighted by Gasteiger charge is -2.23. The van der Waals surface area contributed by atoms with Crippen LogP contribution in [-0.4, -0.2) is 60.8 Å². The SMILES string of the molecule is C=NCCN(CCn1c(O)cc(CCCCCCCC)c1O)Cn1c(O)cc(CCCCCCCC)c1O. The number of unbranched alkanes of at least 4 members (excludes halogenated alkanes) is 10. The van der Waals surface area contributed by atoms with Crippen molar-refractivity contribution in [3.05, 3.63) is 23.3 Å². The zero-order valence-electron chi connectivity index (χ0n) is 23.9. The van der Waals surface area contributed by atoms with Crippen molar-refractivity contribution in [1.82, 2.24) is 14.0 Å². The number of aliphatic imine (C=N–C) groups is 1. The summed E-state index contributed by atoms with van der Waals surface area (Å²) in [5, 5.41) is 42.6. The Balaban J connectivity index is 1.95. The molecule has 0 saturated heterocycles. The zero-order chi connectivity index (χ0) is 27.8. The molecule has 0 aliphatic rings. The summed E-state index contributed by atoms with van der Waals surface area (Å²) < 4.78 is 3.04. The van der Waals surface area contributed by atoms with Crippen LogP contribution in [0.15, 0.2) is 17.1 Å². The Hall–Kier alpha value is -2.61. The molecular formula is C30H52N4O4. The first-order valence-corrected chi connectivity index (χ1v) is 14.8. The Labute approximate surface area is 229 Å². The summed E-state index contributed by atoms with van der Waals surface area (Å²) in [7, 11) is 0. The molecule has 0 bridgehead atoms. The third kappa shape index (κ3) is 10.3. The summed E-state index contributed by atoms with van der Waals surface area (Å²) in [5.41, 5.74) is 1.54. The van der Waals surface area contributed by atoms with Gasteiger partial charge >= 0.3 is 0 Å². The summed E-state index contributed by atoms with van der Waals surface area (Å²) >= 11 is 0. The van der Waals surface area contributed by atoms with Crippen molar-refractivity contribution in [2.75, 3.05) is 19.6 Å². The van der Waals surface area contributed by atoms with E-state index in [2.05, 4.69) is 25.6 Å². The topological polar surface area (TPSA) is 106 Å². The maximum Gasteiger partial charge on any atom is 0.198 e. The van der Waals surface area contributed by atoms with Crippen LogP contribution in [0.1, 0.15) is 102 Å². The number of hydrogen-bond acceptors (Lipinski definition) is 6. The number of rotatable bonds is 22. The highest BCUT2D eigenvalue weighted by molar-refractivity contribution is 5.36. The minimum absolute atomic E-state index is 0.0351. The molecule has 8 nitrogen and oxygen atoms in total. The summed E-state index contributed by atoms with van der Waals surface area (Å²) in [5.74, 6) is 0.303. The van der Waals surface area contributed by atoms with Crippen LogP contribution in [0.5, 0.6) is 23.5 Å². The predicted octanol–water partition coefficient (Wildman–Crippen LogP) is 6.58. The van der Waals surface area contributed by atoms with E-state index in [4.69, 9.17) is 0 Å². The van der Waals surface area contributed by atoms with Gasteiger partial charge in [0, 0.05) is 42.9 Å². The van der Waals surface area contributed by atoms with Gasteiger partial charge in [0.25, 0.3) is 0 Å². The molecule has 4 N–H and O–H groups in total. The van der Waals surface area contributed by atoms with Crippen molar-refractivity contribution < 1.29 is 20.4 Å². The van der Waals surface area contributed by atoms with Gasteiger partial charge in [-0.3, -0.25) is 19.0 Å². The summed E-state index contributed by atoms with van der Waals surface area (Å²) in [6, 6.07) is 3.32. The van der Waals surface area contributed by atoms with Crippen LogP contribution in [0, 0.1) is 0 Å². The van der Waals surface area contributed by atoms with Gasteiger partial charge in [0.1, 0.15) is 0 Å². The van der Waals surface area contributed by atoms with Gasteiger partial charge in [0.05, 0.1) is 13.2 Å². The maximum absolute atomic E-state index is 10.8. The highest BCUT2D eigenvalue weighted by Crippen LogP contribution is 2.31. The van der Waals surface area contributed by atoms with E-state index < -0.39 is 0 Å². The second-order valence-corrected chi connectivity index (χ2v) is 10.5. The number of aromatic nitrogens is 2.